The predicted molar refractivity (Wildman–Crippen MR) is 172 cm³/mol. The number of hydrogen-bond acceptors (Lipinski definition) is 15. The average molecular weight is 661 g/mol. The molecule has 0 saturated carbocycles. The molecule has 3 aromatic rings. The van der Waals surface area contributed by atoms with Gasteiger partial charge in [0.1, 0.15) is 0 Å². The molecular weight excluding hydrogens is 624 g/mol. The van der Waals surface area contributed by atoms with Crippen molar-refractivity contribution in [1.29, 1.82) is 0 Å². The lowest BCUT2D eigenvalue weighted by Gasteiger charge is -2.48. The van der Waals surface area contributed by atoms with Crippen molar-refractivity contribution in [1.82, 2.24) is 16.4 Å². The largest absolute Gasteiger partial charge is 0.240 e. The Morgan fingerprint density at radius 3 is 1.62 bits per heavy atom. The van der Waals surface area contributed by atoms with E-state index in [9.17, 15) is 24.9 Å². The number of benzene rings is 3. The number of aliphatic imine (C=N–C) groups is 3. The molecular formula is C33H36N6O9. The summed E-state index contributed by atoms with van der Waals surface area (Å²) in [5, 5.41) is 19.0. The number of aryl methyl sites for hydroxylation is 3. The van der Waals surface area contributed by atoms with Gasteiger partial charge in [0.05, 0.1) is 24.2 Å². The smallest absolute Gasteiger partial charge is 0.239 e. The third kappa shape index (κ3) is 8.88. The zero-order chi connectivity index (χ0) is 35.1. The summed E-state index contributed by atoms with van der Waals surface area (Å²) in [5.41, 5.74) is 11.7. The molecule has 0 radical (unpaired) electrons. The third-order valence-electron chi connectivity index (χ3n) is 8.30. The van der Waals surface area contributed by atoms with Crippen LogP contribution < -0.4 is 16.4 Å². The zero-order valence-electron chi connectivity index (χ0n) is 26.8. The summed E-state index contributed by atoms with van der Waals surface area (Å²) in [6.45, 7) is 9.52. The van der Waals surface area contributed by atoms with Gasteiger partial charge in [-0.05, 0) is 78.8 Å². The highest BCUT2D eigenvalue weighted by molar-refractivity contribution is 5.58. The molecule has 252 valence electrons. The van der Waals surface area contributed by atoms with E-state index in [0.717, 1.165) is 5.56 Å². The first kappa shape index (κ1) is 37.5. The van der Waals surface area contributed by atoms with Crippen LogP contribution in [0, 0.1) is 26.2 Å². The van der Waals surface area contributed by atoms with Gasteiger partial charge in [-0.25, -0.2) is 35.3 Å². The van der Waals surface area contributed by atoms with Crippen LogP contribution in [0.1, 0.15) is 45.2 Å². The van der Waals surface area contributed by atoms with Gasteiger partial charge in [-0.2, -0.15) is 25.9 Å². The van der Waals surface area contributed by atoms with Crippen molar-refractivity contribution in [3.63, 3.8) is 0 Å². The van der Waals surface area contributed by atoms with E-state index in [0.29, 0.717) is 44.9 Å². The molecule has 2 atom stereocenters. The summed E-state index contributed by atoms with van der Waals surface area (Å²) in [6, 6.07) is 15.9. The van der Waals surface area contributed by atoms with Crippen LogP contribution in [0.5, 0.6) is 0 Å². The lowest BCUT2D eigenvalue weighted by Crippen LogP contribution is -2.49. The van der Waals surface area contributed by atoms with E-state index in [1.165, 1.54) is 7.11 Å². The summed E-state index contributed by atoms with van der Waals surface area (Å²) in [4.78, 5) is 64.4. The van der Waals surface area contributed by atoms with E-state index in [2.05, 4.69) is 48.0 Å². The Balaban J connectivity index is 2.55. The second-order valence-electron chi connectivity index (χ2n) is 10.9. The molecule has 15 heteroatoms. The van der Waals surface area contributed by atoms with E-state index < -0.39 is 17.3 Å². The maximum atomic E-state index is 11.4. The minimum atomic E-state index is -1.33. The maximum Gasteiger partial charge on any atom is 0.240 e. The number of carbonyl (C=O) groups excluding carboxylic acids is 3. The van der Waals surface area contributed by atoms with Gasteiger partial charge < -0.3 is 0 Å². The highest BCUT2D eigenvalue weighted by Crippen LogP contribution is 2.54. The molecule has 0 fully saturated rings. The van der Waals surface area contributed by atoms with Crippen LogP contribution in [0.3, 0.4) is 0 Å². The summed E-state index contributed by atoms with van der Waals surface area (Å²) in [6.07, 6.45) is 4.84. The molecule has 5 N–H and O–H groups in total. The van der Waals surface area contributed by atoms with E-state index in [4.69, 9.17) is 9.88 Å². The molecule has 2 unspecified atom stereocenters. The number of hydrogen-bond donors (Lipinski definition) is 5. The first-order valence-electron chi connectivity index (χ1n) is 14.5. The summed E-state index contributed by atoms with van der Waals surface area (Å²) < 4.78 is 0. The Morgan fingerprint density at radius 2 is 1.21 bits per heavy atom. The molecule has 0 heterocycles. The molecule has 0 spiro atoms. The molecule has 48 heavy (non-hydrogen) atoms. The first-order chi connectivity index (χ1) is 23.2. The van der Waals surface area contributed by atoms with E-state index in [-0.39, 0.29) is 25.2 Å². The molecule has 0 aliphatic rings. The van der Waals surface area contributed by atoms with Crippen LogP contribution >= 0.6 is 0 Å². The zero-order valence-corrected chi connectivity index (χ0v) is 26.8. The fourth-order valence-electron chi connectivity index (χ4n) is 5.94. The summed E-state index contributed by atoms with van der Waals surface area (Å²) in [5.74, 6) is -1.54. The molecule has 0 amide bonds. The summed E-state index contributed by atoms with van der Waals surface area (Å²) in [7, 11) is 1.29. The third-order valence-corrected chi connectivity index (χ3v) is 8.30. The Kier molecular flexibility index (Phi) is 14.4. The Morgan fingerprint density at radius 1 is 0.771 bits per heavy atom. The first-order valence-corrected chi connectivity index (χ1v) is 14.5. The number of hydroxylamine groups is 3. The Hall–Kier alpha value is -4.98. The van der Waals surface area contributed by atoms with Gasteiger partial charge in [-0.1, -0.05) is 43.0 Å². The number of allylic oxidation sites excluding steroid dienone is 1. The van der Waals surface area contributed by atoms with Gasteiger partial charge in [0.15, 0.2) is 0 Å². The van der Waals surface area contributed by atoms with Gasteiger partial charge in [0.25, 0.3) is 0 Å². The van der Waals surface area contributed by atoms with Gasteiger partial charge in [0.2, 0.25) is 18.2 Å². The molecule has 3 aromatic carbocycles. The second kappa shape index (κ2) is 18.4. The van der Waals surface area contributed by atoms with E-state index in [1.807, 2.05) is 18.2 Å². The van der Waals surface area contributed by atoms with Gasteiger partial charge in [0, 0.05) is 36.0 Å². The van der Waals surface area contributed by atoms with Crippen molar-refractivity contribution in [2.75, 3.05) is 20.2 Å². The van der Waals surface area contributed by atoms with Crippen LogP contribution in [-0.4, -0.2) is 49.0 Å². The summed E-state index contributed by atoms with van der Waals surface area (Å²) >= 11 is 0. The number of rotatable bonds is 19. The second-order valence-corrected chi connectivity index (χ2v) is 10.9. The average Bonchev–Trinajstić information content (AvgIpc) is 3.08. The molecule has 3 rings (SSSR count). The minimum Gasteiger partial charge on any atom is -0.239 e. The quantitative estimate of drug-likeness (QED) is 0.0488. The fourth-order valence-corrected chi connectivity index (χ4v) is 5.94. The lowest BCUT2D eigenvalue weighted by atomic mass is 9.57. The normalized spacial score (nSPS) is 13.2. The molecule has 0 saturated heterocycles. The highest BCUT2D eigenvalue weighted by atomic mass is 17.3. The van der Waals surface area contributed by atoms with Crippen molar-refractivity contribution in [3.05, 3.63) is 100 Å². The predicted octanol–water partition coefficient (Wildman–Crippen LogP) is 5.19. The molecule has 0 aliphatic carbocycles. The van der Waals surface area contributed by atoms with Crippen LogP contribution in [-0.2, 0) is 40.7 Å². The van der Waals surface area contributed by atoms with Crippen LogP contribution in [0.25, 0.3) is 0 Å². The Bertz CT molecular complexity index is 1650. The van der Waals surface area contributed by atoms with Crippen molar-refractivity contribution in [2.45, 2.75) is 39.0 Å². The molecule has 15 nitrogen and oxygen atoms in total. The van der Waals surface area contributed by atoms with Crippen LogP contribution in [0.15, 0.2) is 81.9 Å². The van der Waals surface area contributed by atoms with Crippen LogP contribution in [0.2, 0.25) is 0 Å². The lowest BCUT2D eigenvalue weighted by molar-refractivity contribution is -0.313. The minimum absolute atomic E-state index is 0.0929. The van der Waals surface area contributed by atoms with Crippen LogP contribution in [0.4, 0.5) is 17.1 Å². The van der Waals surface area contributed by atoms with Gasteiger partial charge >= 0.3 is 0 Å². The topological polar surface area (TPSA) is 202 Å². The monoisotopic (exact) mass is 660 g/mol. The number of nitrogens with one attached hydrogen (secondary N) is 3. The van der Waals surface area contributed by atoms with Gasteiger partial charge in [-0.3, -0.25) is 0 Å². The standard InChI is InChI=1S/C33H36N6O9/c1-21-6-9-25(12-30(21)34-18-40)15-33(24(4)39-48-45-5,28(16-37-46-43)26-10-7-22(2)31(13-26)35-19-41)29(17-38-47-44)27-11-8-23(3)32(14-27)36-20-42/h6-14,28-29,37-39,43-44H,4,15-17H2,1-3,5H3. The van der Waals surface area contributed by atoms with Gasteiger partial charge in [-0.15, -0.1) is 15.0 Å². The fraction of sp³-hybridized carbons (Fsp3) is 0.303. The van der Waals surface area contributed by atoms with E-state index >= 15 is 0 Å². The van der Waals surface area contributed by atoms with E-state index in [1.54, 1.807) is 75.4 Å². The molecule has 0 bridgehead atoms. The highest BCUT2D eigenvalue weighted by Gasteiger charge is 2.50. The maximum absolute atomic E-state index is 11.4. The number of nitrogens with zero attached hydrogens (tertiary/aromatic N) is 3. The SMILES string of the molecule is C=C(NOOC)C(Cc1ccc(C)c(N=C=O)c1)(C(CNOO)c1ccc(C)c(N=C=O)c1)C(CNOO)c1ccc(C)c(N=C=O)c1. The molecule has 0 aliphatic heterocycles. The van der Waals surface area contributed by atoms with Crippen molar-refractivity contribution < 1.29 is 44.8 Å². The Labute approximate surface area is 276 Å². The molecule has 0 aromatic heterocycles. The van der Waals surface area contributed by atoms with Crippen molar-refractivity contribution in [2.24, 2.45) is 20.4 Å². The van der Waals surface area contributed by atoms with Crippen molar-refractivity contribution in [3.8, 4) is 0 Å². The van der Waals surface area contributed by atoms with Crippen molar-refractivity contribution >= 4 is 35.3 Å². The number of isocyanates is 3.